The molecule has 1 aliphatic rings. The highest BCUT2D eigenvalue weighted by atomic mass is 15.0. The molecule has 1 saturated carbocycles. The number of rotatable bonds is 6. The number of hydrogen-bond acceptors (Lipinski definition) is 2. The van der Waals surface area contributed by atoms with E-state index in [1.807, 2.05) is 18.7 Å². The molecule has 0 saturated heterocycles. The van der Waals surface area contributed by atoms with E-state index in [4.69, 9.17) is 0 Å². The number of nitrogens with zero attached hydrogens (tertiary/aromatic N) is 2. The van der Waals surface area contributed by atoms with Crippen LogP contribution in [0, 0.1) is 0 Å². The fraction of sp³-hybridized carbons (Fsp3) is 0.500. The molecule has 1 aliphatic carbocycles. The maximum atomic E-state index is 4.09. The molecular weight excluding hydrogens is 258 g/mol. The highest BCUT2D eigenvalue weighted by molar-refractivity contribution is 5.21. The molecule has 3 rings (SSSR count). The Morgan fingerprint density at radius 1 is 1.14 bits per heavy atom. The second-order valence-electron chi connectivity index (χ2n) is 6.02. The van der Waals surface area contributed by atoms with E-state index < -0.39 is 0 Å². The van der Waals surface area contributed by atoms with Gasteiger partial charge in [0.1, 0.15) is 0 Å². The Hall–Kier alpha value is -1.61. The van der Waals surface area contributed by atoms with Gasteiger partial charge in [0.05, 0.1) is 6.33 Å². The van der Waals surface area contributed by atoms with Crippen LogP contribution in [0.4, 0.5) is 0 Å². The number of aryl methyl sites for hydroxylation is 1. The van der Waals surface area contributed by atoms with Gasteiger partial charge in [0.15, 0.2) is 0 Å². The van der Waals surface area contributed by atoms with Crippen molar-refractivity contribution >= 4 is 0 Å². The summed E-state index contributed by atoms with van der Waals surface area (Å²) < 4.78 is 2.15. The van der Waals surface area contributed by atoms with E-state index in [2.05, 4.69) is 45.2 Å². The molecule has 3 heteroatoms. The lowest BCUT2D eigenvalue weighted by Gasteiger charge is -2.33. The van der Waals surface area contributed by atoms with Crippen molar-refractivity contribution < 1.29 is 0 Å². The monoisotopic (exact) mass is 283 g/mol. The van der Waals surface area contributed by atoms with Gasteiger partial charge in [-0.3, -0.25) is 0 Å². The zero-order chi connectivity index (χ0) is 14.3. The third-order valence-corrected chi connectivity index (χ3v) is 4.55. The predicted octanol–water partition coefficient (Wildman–Crippen LogP) is 3.59. The number of hydrogen-bond donors (Lipinski definition) is 1. The minimum atomic E-state index is 0.643. The maximum absolute atomic E-state index is 4.09. The number of imidazole rings is 1. The largest absolute Gasteiger partial charge is 0.337 e. The standard InChI is InChI=1S/C18H25N3/c1-2-7-16(8-3-1)17-9-4-5-10-18(17)20-11-6-13-21-14-12-19-15-21/h1-3,7-8,12,14-15,17-18,20H,4-6,9-11,13H2. The zero-order valence-electron chi connectivity index (χ0n) is 12.6. The SMILES string of the molecule is c1ccc(C2CCCCC2NCCCn2ccnc2)cc1. The lowest BCUT2D eigenvalue weighted by atomic mass is 9.80. The quantitative estimate of drug-likeness (QED) is 0.821. The van der Waals surface area contributed by atoms with Crippen LogP contribution < -0.4 is 5.32 Å². The molecule has 0 bridgehead atoms. The summed E-state index contributed by atoms with van der Waals surface area (Å²) >= 11 is 0. The highest BCUT2D eigenvalue weighted by Crippen LogP contribution is 2.32. The van der Waals surface area contributed by atoms with Crippen molar-refractivity contribution in [2.75, 3.05) is 6.54 Å². The average Bonchev–Trinajstić information content (AvgIpc) is 3.06. The minimum Gasteiger partial charge on any atom is -0.337 e. The summed E-state index contributed by atoms with van der Waals surface area (Å²) in [5.41, 5.74) is 1.50. The molecule has 1 aromatic carbocycles. The van der Waals surface area contributed by atoms with E-state index in [9.17, 15) is 0 Å². The highest BCUT2D eigenvalue weighted by Gasteiger charge is 2.25. The van der Waals surface area contributed by atoms with Crippen LogP contribution in [-0.4, -0.2) is 22.1 Å². The molecule has 0 spiro atoms. The van der Waals surface area contributed by atoms with Gasteiger partial charge < -0.3 is 9.88 Å². The third-order valence-electron chi connectivity index (χ3n) is 4.55. The molecule has 0 radical (unpaired) electrons. The summed E-state index contributed by atoms with van der Waals surface area (Å²) in [6.45, 7) is 2.14. The van der Waals surface area contributed by atoms with Crippen LogP contribution in [0.25, 0.3) is 0 Å². The van der Waals surface area contributed by atoms with Crippen LogP contribution in [0.1, 0.15) is 43.6 Å². The Bertz CT molecular complexity index is 507. The minimum absolute atomic E-state index is 0.643. The Balaban J connectivity index is 1.50. The van der Waals surface area contributed by atoms with Gasteiger partial charge in [0.25, 0.3) is 0 Å². The van der Waals surface area contributed by atoms with E-state index >= 15 is 0 Å². The first-order valence-electron chi connectivity index (χ1n) is 8.17. The van der Waals surface area contributed by atoms with Gasteiger partial charge in [0.2, 0.25) is 0 Å². The van der Waals surface area contributed by atoms with E-state index in [1.165, 1.54) is 31.2 Å². The van der Waals surface area contributed by atoms with Gasteiger partial charge in [-0.25, -0.2) is 4.98 Å². The van der Waals surface area contributed by atoms with Crippen molar-refractivity contribution in [2.45, 2.75) is 50.6 Å². The van der Waals surface area contributed by atoms with Gasteiger partial charge in [-0.05, 0) is 37.3 Å². The lowest BCUT2D eigenvalue weighted by Crippen LogP contribution is -2.38. The van der Waals surface area contributed by atoms with E-state index in [-0.39, 0.29) is 0 Å². The second-order valence-corrected chi connectivity index (χ2v) is 6.02. The van der Waals surface area contributed by atoms with Gasteiger partial charge in [0, 0.05) is 25.0 Å². The van der Waals surface area contributed by atoms with E-state index in [0.29, 0.717) is 12.0 Å². The average molecular weight is 283 g/mol. The van der Waals surface area contributed by atoms with Gasteiger partial charge in [-0.1, -0.05) is 43.2 Å². The number of benzene rings is 1. The summed E-state index contributed by atoms with van der Waals surface area (Å²) in [6.07, 6.45) is 12.3. The Morgan fingerprint density at radius 2 is 2.00 bits per heavy atom. The van der Waals surface area contributed by atoms with Gasteiger partial charge >= 0.3 is 0 Å². The summed E-state index contributed by atoms with van der Waals surface area (Å²) in [5, 5.41) is 3.80. The molecule has 1 aromatic heterocycles. The zero-order valence-corrected chi connectivity index (χ0v) is 12.6. The molecule has 1 heterocycles. The Kier molecular flexibility index (Phi) is 5.06. The molecule has 2 unspecified atom stereocenters. The first-order valence-corrected chi connectivity index (χ1v) is 8.17. The maximum Gasteiger partial charge on any atom is 0.0945 e. The van der Waals surface area contributed by atoms with Crippen molar-refractivity contribution in [2.24, 2.45) is 0 Å². The Labute approximate surface area is 127 Å². The summed E-state index contributed by atoms with van der Waals surface area (Å²) in [4.78, 5) is 4.09. The summed E-state index contributed by atoms with van der Waals surface area (Å²) in [5.74, 6) is 0.688. The van der Waals surface area contributed by atoms with E-state index in [0.717, 1.165) is 19.5 Å². The van der Waals surface area contributed by atoms with Crippen molar-refractivity contribution in [3.63, 3.8) is 0 Å². The smallest absolute Gasteiger partial charge is 0.0945 e. The third kappa shape index (κ3) is 3.94. The Morgan fingerprint density at radius 3 is 2.81 bits per heavy atom. The first-order chi connectivity index (χ1) is 10.4. The van der Waals surface area contributed by atoms with Gasteiger partial charge in [-0.2, -0.15) is 0 Å². The van der Waals surface area contributed by atoms with Crippen molar-refractivity contribution in [1.82, 2.24) is 14.9 Å². The topological polar surface area (TPSA) is 29.9 Å². The fourth-order valence-electron chi connectivity index (χ4n) is 3.44. The van der Waals surface area contributed by atoms with Crippen molar-refractivity contribution in [3.8, 4) is 0 Å². The van der Waals surface area contributed by atoms with Crippen LogP contribution in [0.3, 0.4) is 0 Å². The van der Waals surface area contributed by atoms with Crippen LogP contribution in [0.5, 0.6) is 0 Å². The molecule has 21 heavy (non-hydrogen) atoms. The molecular formula is C18H25N3. The molecule has 1 fully saturated rings. The first kappa shape index (κ1) is 14.3. The van der Waals surface area contributed by atoms with Crippen LogP contribution in [-0.2, 0) is 6.54 Å². The van der Waals surface area contributed by atoms with Crippen molar-refractivity contribution in [3.05, 3.63) is 54.6 Å². The molecule has 112 valence electrons. The number of nitrogens with one attached hydrogen (secondary N) is 1. The lowest BCUT2D eigenvalue weighted by molar-refractivity contribution is 0.324. The van der Waals surface area contributed by atoms with Crippen LogP contribution >= 0.6 is 0 Å². The number of aromatic nitrogens is 2. The predicted molar refractivity (Wildman–Crippen MR) is 86.3 cm³/mol. The molecule has 0 amide bonds. The fourth-order valence-corrected chi connectivity index (χ4v) is 3.44. The summed E-state index contributed by atoms with van der Waals surface area (Å²) in [6, 6.07) is 11.7. The second kappa shape index (κ2) is 7.41. The van der Waals surface area contributed by atoms with E-state index in [1.54, 1.807) is 0 Å². The van der Waals surface area contributed by atoms with Crippen LogP contribution in [0.2, 0.25) is 0 Å². The molecule has 2 atom stereocenters. The molecule has 1 N–H and O–H groups in total. The van der Waals surface area contributed by atoms with Gasteiger partial charge in [-0.15, -0.1) is 0 Å². The molecule has 0 aliphatic heterocycles. The molecule has 2 aromatic rings. The normalized spacial score (nSPS) is 22.3. The molecule has 3 nitrogen and oxygen atoms in total. The van der Waals surface area contributed by atoms with Crippen molar-refractivity contribution in [1.29, 1.82) is 0 Å². The summed E-state index contributed by atoms with van der Waals surface area (Å²) in [7, 11) is 0. The van der Waals surface area contributed by atoms with Crippen LogP contribution in [0.15, 0.2) is 49.1 Å².